The Kier molecular flexibility index (Phi) is 7.52. The molecular formula is C11H16OS2. The standard InChI is InChI=1S/C10H14.CH2OS2/c1-3-9-5-7-10(4-2)8-6-9;2-1(3)4/h5-8H,3-4H2,1-2H3;(H2,2,3,4). The zero-order chi connectivity index (χ0) is 11.0. The van der Waals surface area contributed by atoms with Gasteiger partial charge in [-0.3, -0.25) is 0 Å². The monoisotopic (exact) mass is 228 g/mol. The van der Waals surface area contributed by atoms with Gasteiger partial charge in [0.05, 0.1) is 0 Å². The number of aliphatic hydroxyl groups excluding tert-OH is 1. The van der Waals surface area contributed by atoms with Crippen LogP contribution in [0.2, 0.25) is 0 Å². The second-order valence-electron chi connectivity index (χ2n) is 2.81. The van der Waals surface area contributed by atoms with Crippen LogP contribution in [-0.2, 0) is 12.8 Å². The molecule has 0 radical (unpaired) electrons. The average Bonchev–Trinajstić information content (AvgIpc) is 2.17. The maximum Gasteiger partial charge on any atom is 0.214 e. The van der Waals surface area contributed by atoms with Crippen LogP contribution in [-0.4, -0.2) is 9.49 Å². The summed E-state index contributed by atoms with van der Waals surface area (Å²) in [5, 5.41) is 7.65. The van der Waals surface area contributed by atoms with E-state index in [2.05, 4.69) is 63.0 Å². The molecule has 3 heteroatoms. The molecule has 0 aliphatic rings. The lowest BCUT2D eigenvalue weighted by atomic mass is 10.1. The Morgan fingerprint density at radius 2 is 1.36 bits per heavy atom. The molecule has 0 saturated carbocycles. The molecule has 1 aromatic rings. The summed E-state index contributed by atoms with van der Waals surface area (Å²) >= 11 is 7.21. The molecule has 1 rings (SSSR count). The number of hydrogen-bond donors (Lipinski definition) is 2. The largest absolute Gasteiger partial charge is 0.494 e. The predicted molar refractivity (Wildman–Crippen MR) is 69.4 cm³/mol. The van der Waals surface area contributed by atoms with Crippen molar-refractivity contribution in [1.82, 2.24) is 0 Å². The van der Waals surface area contributed by atoms with Crippen LogP contribution in [0.1, 0.15) is 25.0 Å². The highest BCUT2D eigenvalue weighted by molar-refractivity contribution is 8.10. The first-order valence-corrected chi connectivity index (χ1v) is 5.45. The van der Waals surface area contributed by atoms with Crippen molar-refractivity contribution < 1.29 is 5.11 Å². The van der Waals surface area contributed by atoms with Gasteiger partial charge in [-0.15, -0.1) is 0 Å². The van der Waals surface area contributed by atoms with E-state index in [0.717, 1.165) is 12.8 Å². The molecule has 0 unspecified atom stereocenters. The first-order chi connectivity index (χ1) is 6.60. The highest BCUT2D eigenvalue weighted by atomic mass is 32.1. The fourth-order valence-corrected chi connectivity index (χ4v) is 1.01. The molecular weight excluding hydrogens is 212 g/mol. The topological polar surface area (TPSA) is 20.2 Å². The molecule has 1 aromatic carbocycles. The van der Waals surface area contributed by atoms with Crippen molar-refractivity contribution in [3.63, 3.8) is 0 Å². The van der Waals surface area contributed by atoms with Gasteiger partial charge in [-0.2, -0.15) is 0 Å². The number of benzene rings is 1. The Morgan fingerprint density at radius 1 is 1.14 bits per heavy atom. The lowest BCUT2D eigenvalue weighted by molar-refractivity contribution is 0.586. The van der Waals surface area contributed by atoms with E-state index in [9.17, 15) is 0 Å². The van der Waals surface area contributed by atoms with Crippen LogP contribution in [0.15, 0.2) is 24.3 Å². The van der Waals surface area contributed by atoms with Crippen molar-refractivity contribution in [2.45, 2.75) is 26.7 Å². The van der Waals surface area contributed by atoms with E-state index < -0.39 is 0 Å². The SMILES string of the molecule is CCc1ccc(CC)cc1.OC(=S)S. The molecule has 0 aliphatic carbocycles. The van der Waals surface area contributed by atoms with Crippen molar-refractivity contribution >= 4 is 29.2 Å². The Bertz CT molecular complexity index is 240. The van der Waals surface area contributed by atoms with Gasteiger partial charge < -0.3 is 5.11 Å². The quantitative estimate of drug-likeness (QED) is 0.596. The van der Waals surface area contributed by atoms with Crippen LogP contribution in [0.3, 0.4) is 0 Å². The van der Waals surface area contributed by atoms with Gasteiger partial charge in [0.15, 0.2) is 0 Å². The smallest absolute Gasteiger partial charge is 0.214 e. The van der Waals surface area contributed by atoms with Crippen LogP contribution in [0.25, 0.3) is 0 Å². The number of aryl methyl sites for hydroxylation is 2. The van der Waals surface area contributed by atoms with Crippen LogP contribution < -0.4 is 0 Å². The Hall–Kier alpha value is -0.540. The summed E-state index contributed by atoms with van der Waals surface area (Å²) in [7, 11) is 0. The fraction of sp³-hybridized carbons (Fsp3) is 0.364. The van der Waals surface area contributed by atoms with Gasteiger partial charge in [0.1, 0.15) is 0 Å². The second kappa shape index (κ2) is 7.83. The van der Waals surface area contributed by atoms with Crippen LogP contribution in [0.5, 0.6) is 0 Å². The minimum absolute atomic E-state index is 0.306. The zero-order valence-corrected chi connectivity index (χ0v) is 10.2. The van der Waals surface area contributed by atoms with Crippen molar-refractivity contribution in [1.29, 1.82) is 0 Å². The van der Waals surface area contributed by atoms with Crippen LogP contribution >= 0.6 is 24.8 Å². The van der Waals surface area contributed by atoms with Crippen molar-refractivity contribution in [2.75, 3.05) is 0 Å². The summed E-state index contributed by atoms with van der Waals surface area (Å²) in [6.45, 7) is 4.36. The minimum Gasteiger partial charge on any atom is -0.494 e. The number of aliphatic hydroxyl groups is 1. The summed E-state index contributed by atoms with van der Waals surface area (Å²) in [6.07, 6.45) is 2.29. The summed E-state index contributed by atoms with van der Waals surface area (Å²) in [6, 6.07) is 8.83. The number of rotatable bonds is 2. The van der Waals surface area contributed by atoms with E-state index >= 15 is 0 Å². The fourth-order valence-electron chi connectivity index (χ4n) is 1.01. The third-order valence-corrected chi connectivity index (χ3v) is 1.84. The maximum atomic E-state index is 7.65. The van der Waals surface area contributed by atoms with E-state index in [4.69, 9.17) is 5.11 Å². The lowest BCUT2D eigenvalue weighted by Gasteiger charge is -1.97. The van der Waals surface area contributed by atoms with Gasteiger partial charge in [0, 0.05) is 0 Å². The highest BCUT2D eigenvalue weighted by Gasteiger charge is 1.88. The van der Waals surface area contributed by atoms with Gasteiger partial charge in [0.25, 0.3) is 0 Å². The molecule has 0 aromatic heterocycles. The number of thiocarbonyl (C=S) groups is 1. The van der Waals surface area contributed by atoms with Crippen LogP contribution in [0, 0.1) is 0 Å². The Labute approximate surface area is 96.6 Å². The van der Waals surface area contributed by atoms with Crippen molar-refractivity contribution in [3.05, 3.63) is 35.4 Å². The average molecular weight is 228 g/mol. The summed E-state index contributed by atoms with van der Waals surface area (Å²) < 4.78 is -0.306. The Morgan fingerprint density at radius 3 is 1.50 bits per heavy atom. The van der Waals surface area contributed by atoms with E-state index in [-0.39, 0.29) is 4.38 Å². The zero-order valence-electron chi connectivity index (χ0n) is 8.53. The van der Waals surface area contributed by atoms with E-state index in [1.807, 2.05) is 0 Å². The lowest BCUT2D eigenvalue weighted by Crippen LogP contribution is -1.81. The second-order valence-corrected chi connectivity index (χ2v) is 3.92. The van der Waals surface area contributed by atoms with Crippen molar-refractivity contribution in [2.24, 2.45) is 0 Å². The summed E-state index contributed by atoms with van der Waals surface area (Å²) in [5.74, 6) is 0. The maximum absolute atomic E-state index is 7.65. The summed E-state index contributed by atoms with van der Waals surface area (Å²) in [5.41, 5.74) is 2.86. The van der Waals surface area contributed by atoms with Gasteiger partial charge >= 0.3 is 0 Å². The number of thiol groups is 1. The molecule has 0 fully saturated rings. The Balaban J connectivity index is 0.000000364. The third kappa shape index (κ3) is 6.92. The molecule has 0 amide bonds. The molecule has 0 aliphatic heterocycles. The molecule has 78 valence electrons. The molecule has 14 heavy (non-hydrogen) atoms. The summed E-state index contributed by atoms with van der Waals surface area (Å²) in [4.78, 5) is 0. The van der Waals surface area contributed by atoms with E-state index in [1.54, 1.807) is 0 Å². The molecule has 0 atom stereocenters. The molecule has 1 nitrogen and oxygen atoms in total. The minimum atomic E-state index is -0.306. The molecule has 0 saturated heterocycles. The van der Waals surface area contributed by atoms with Gasteiger partial charge in [0.2, 0.25) is 4.38 Å². The molecule has 0 bridgehead atoms. The first kappa shape index (κ1) is 13.5. The van der Waals surface area contributed by atoms with Crippen molar-refractivity contribution in [3.8, 4) is 0 Å². The molecule has 1 N–H and O–H groups in total. The van der Waals surface area contributed by atoms with E-state index in [1.165, 1.54) is 11.1 Å². The highest BCUT2D eigenvalue weighted by Crippen LogP contribution is 2.04. The van der Waals surface area contributed by atoms with Gasteiger partial charge in [-0.05, 0) is 36.2 Å². The molecule has 0 heterocycles. The van der Waals surface area contributed by atoms with Gasteiger partial charge in [-0.1, -0.05) is 50.7 Å². The number of hydrogen-bond acceptors (Lipinski definition) is 1. The van der Waals surface area contributed by atoms with E-state index in [0.29, 0.717) is 0 Å². The normalized spacial score (nSPS) is 8.79. The first-order valence-electron chi connectivity index (χ1n) is 4.59. The van der Waals surface area contributed by atoms with Gasteiger partial charge in [-0.25, -0.2) is 0 Å². The van der Waals surface area contributed by atoms with Crippen LogP contribution in [0.4, 0.5) is 0 Å². The molecule has 0 spiro atoms. The third-order valence-electron chi connectivity index (χ3n) is 1.84. The predicted octanol–water partition coefficient (Wildman–Crippen LogP) is 3.57.